The van der Waals surface area contributed by atoms with Gasteiger partial charge in [-0.25, -0.2) is 9.69 Å². The number of carbonyl (C=O) groups is 4. The molecule has 0 bridgehead atoms. The van der Waals surface area contributed by atoms with Crippen LogP contribution in [-0.4, -0.2) is 37.3 Å². The van der Waals surface area contributed by atoms with Crippen molar-refractivity contribution in [2.45, 2.75) is 12.5 Å². The minimum Gasteiger partial charge on any atom is -0.465 e. The number of aryl methyl sites for hydroxylation is 1. The quantitative estimate of drug-likeness (QED) is 0.494. The third-order valence-corrected chi connectivity index (χ3v) is 7.48. The second-order valence-corrected chi connectivity index (χ2v) is 9.65. The number of nitrogens with zero attached hydrogens (tertiary/aromatic N) is 1. The summed E-state index contributed by atoms with van der Waals surface area (Å²) in [5, 5.41) is 6.23. The van der Waals surface area contributed by atoms with Crippen molar-refractivity contribution in [3.63, 3.8) is 0 Å². The first-order valence-electron chi connectivity index (χ1n) is 9.22. The molecule has 0 unspecified atom stereocenters. The zero-order valence-corrected chi connectivity index (χ0v) is 18.3. The average Bonchev–Trinajstić information content (AvgIpc) is 3.42. The van der Waals surface area contributed by atoms with Gasteiger partial charge in [0.25, 0.3) is 0 Å². The van der Waals surface area contributed by atoms with Crippen molar-refractivity contribution >= 4 is 61.6 Å². The zero-order valence-electron chi connectivity index (χ0n) is 15.9. The Labute approximate surface area is 183 Å². The van der Waals surface area contributed by atoms with Crippen molar-refractivity contribution < 1.29 is 23.9 Å². The second-order valence-electron chi connectivity index (χ2n) is 7.50. The molecule has 1 aromatic carbocycles. The number of thiophene rings is 1. The van der Waals surface area contributed by atoms with Gasteiger partial charge in [0.1, 0.15) is 10.5 Å². The summed E-state index contributed by atoms with van der Waals surface area (Å²) in [6.07, 6.45) is 0. The van der Waals surface area contributed by atoms with E-state index in [4.69, 9.17) is 4.74 Å². The summed E-state index contributed by atoms with van der Waals surface area (Å²) in [5.41, 5.74) is 0.0797. The highest BCUT2D eigenvalue weighted by molar-refractivity contribution is 9.10. The number of fused-ring (bicyclic) bond motifs is 4. The average molecular weight is 490 g/mol. The molecule has 2 fully saturated rings. The second kappa shape index (κ2) is 6.47. The van der Waals surface area contributed by atoms with Crippen LogP contribution in [0.3, 0.4) is 0 Å². The molecule has 2 saturated heterocycles. The van der Waals surface area contributed by atoms with Crippen LogP contribution in [0.25, 0.3) is 0 Å². The van der Waals surface area contributed by atoms with Gasteiger partial charge in [0.2, 0.25) is 17.7 Å². The summed E-state index contributed by atoms with van der Waals surface area (Å²) >= 11 is 4.60. The van der Waals surface area contributed by atoms with E-state index in [1.54, 1.807) is 31.2 Å². The Balaban J connectivity index is 1.64. The van der Waals surface area contributed by atoms with E-state index in [1.165, 1.54) is 18.4 Å². The minimum atomic E-state index is -1.33. The van der Waals surface area contributed by atoms with Crippen LogP contribution in [0.4, 0.5) is 10.7 Å². The number of amides is 3. The molecule has 5 rings (SSSR count). The first-order valence-corrected chi connectivity index (χ1v) is 10.8. The monoisotopic (exact) mass is 489 g/mol. The van der Waals surface area contributed by atoms with Gasteiger partial charge < -0.3 is 10.1 Å². The van der Waals surface area contributed by atoms with Gasteiger partial charge in [-0.2, -0.15) is 0 Å². The van der Waals surface area contributed by atoms with E-state index in [0.717, 1.165) is 14.2 Å². The molecule has 3 aliphatic heterocycles. The van der Waals surface area contributed by atoms with Gasteiger partial charge in [0, 0.05) is 27.1 Å². The van der Waals surface area contributed by atoms with Gasteiger partial charge in [0.05, 0.1) is 24.5 Å². The number of rotatable bonds is 2. The van der Waals surface area contributed by atoms with E-state index in [2.05, 4.69) is 26.6 Å². The number of methoxy groups -OCH3 is 1. The maximum Gasteiger partial charge on any atom is 0.340 e. The van der Waals surface area contributed by atoms with Crippen LogP contribution >= 0.6 is 27.3 Å². The van der Waals surface area contributed by atoms with E-state index in [1.807, 2.05) is 0 Å². The van der Waals surface area contributed by atoms with Crippen LogP contribution in [0.1, 0.15) is 20.8 Å². The topological polar surface area (TPSA) is 105 Å². The molecule has 3 atom stereocenters. The smallest absolute Gasteiger partial charge is 0.340 e. The van der Waals surface area contributed by atoms with Crippen molar-refractivity contribution in [2.24, 2.45) is 11.8 Å². The Morgan fingerprint density at radius 1 is 1.27 bits per heavy atom. The highest BCUT2D eigenvalue weighted by atomic mass is 79.9. The standard InChI is InChI=1S/C20H16BrN3O5S/c1-8-5-10(18(27)29-2)17(30-8)24-15(25)11-7-22-20(14(11)16(24)26)12-6-9(21)3-4-13(12)23-19(20)28/h3-6,11,14,22H,7H2,1-2H3,(H,23,28)/t11-,14+,20+/m1/s1. The number of hydrogen-bond acceptors (Lipinski definition) is 7. The normalized spacial score (nSPS) is 26.9. The highest BCUT2D eigenvalue weighted by Crippen LogP contribution is 2.52. The lowest BCUT2D eigenvalue weighted by atomic mass is 9.77. The lowest BCUT2D eigenvalue weighted by Gasteiger charge is -2.28. The number of halogens is 1. The molecule has 8 nitrogen and oxygen atoms in total. The molecular weight excluding hydrogens is 474 g/mol. The van der Waals surface area contributed by atoms with Gasteiger partial charge in [-0.05, 0) is 31.2 Å². The number of ether oxygens (including phenoxy) is 1. The Kier molecular flexibility index (Phi) is 4.18. The summed E-state index contributed by atoms with van der Waals surface area (Å²) < 4.78 is 5.58. The molecule has 1 aromatic heterocycles. The lowest BCUT2D eigenvalue weighted by Crippen LogP contribution is -2.51. The fourth-order valence-electron chi connectivity index (χ4n) is 4.70. The van der Waals surface area contributed by atoms with E-state index in [0.29, 0.717) is 11.3 Å². The van der Waals surface area contributed by atoms with Gasteiger partial charge in [-0.1, -0.05) is 15.9 Å². The molecule has 10 heteroatoms. The van der Waals surface area contributed by atoms with Crippen LogP contribution < -0.4 is 15.5 Å². The van der Waals surface area contributed by atoms with Crippen LogP contribution in [0.5, 0.6) is 0 Å². The van der Waals surface area contributed by atoms with Gasteiger partial charge in [0.15, 0.2) is 0 Å². The fourth-order valence-corrected chi connectivity index (χ4v) is 6.07. The van der Waals surface area contributed by atoms with Crippen molar-refractivity contribution in [1.82, 2.24) is 5.32 Å². The lowest BCUT2D eigenvalue weighted by molar-refractivity contribution is -0.130. The molecule has 30 heavy (non-hydrogen) atoms. The number of benzene rings is 1. The van der Waals surface area contributed by atoms with E-state index in [-0.39, 0.29) is 23.0 Å². The summed E-state index contributed by atoms with van der Waals surface area (Å²) in [5.74, 6) is -3.51. The van der Waals surface area contributed by atoms with Crippen LogP contribution in [0.2, 0.25) is 0 Å². The van der Waals surface area contributed by atoms with Gasteiger partial charge in [-0.3, -0.25) is 19.7 Å². The zero-order chi connectivity index (χ0) is 21.4. The van der Waals surface area contributed by atoms with E-state index >= 15 is 0 Å². The van der Waals surface area contributed by atoms with Crippen LogP contribution in [-0.2, 0) is 24.7 Å². The molecule has 2 aromatic rings. The first kappa shape index (κ1) is 19.4. The summed E-state index contributed by atoms with van der Waals surface area (Å²) in [6.45, 7) is 1.97. The molecule has 3 amide bonds. The summed E-state index contributed by atoms with van der Waals surface area (Å²) in [4.78, 5) is 54.0. The predicted molar refractivity (Wildman–Crippen MR) is 112 cm³/mol. The Morgan fingerprint density at radius 3 is 2.77 bits per heavy atom. The predicted octanol–water partition coefficient (Wildman–Crippen LogP) is 2.16. The van der Waals surface area contributed by atoms with Crippen LogP contribution in [0.15, 0.2) is 28.7 Å². The molecule has 0 saturated carbocycles. The number of carbonyl (C=O) groups excluding carboxylic acids is 4. The Morgan fingerprint density at radius 2 is 2.03 bits per heavy atom. The molecule has 154 valence electrons. The Bertz CT molecular complexity index is 1160. The molecule has 0 aliphatic carbocycles. The highest BCUT2D eigenvalue weighted by Gasteiger charge is 2.68. The molecule has 3 aliphatic rings. The number of anilines is 2. The fraction of sp³-hybridized carbons (Fsp3) is 0.300. The maximum absolute atomic E-state index is 13.6. The SMILES string of the molecule is COC(=O)c1cc(C)sc1N1C(=O)[C@@H]2[C@@H](CN[C@]23C(=O)Nc2ccc(Br)cc23)C1=O. The summed E-state index contributed by atoms with van der Waals surface area (Å²) in [7, 11) is 1.25. The van der Waals surface area contributed by atoms with Crippen molar-refractivity contribution in [3.05, 3.63) is 44.7 Å². The van der Waals surface area contributed by atoms with Crippen molar-refractivity contribution in [1.29, 1.82) is 0 Å². The molecule has 4 heterocycles. The number of imide groups is 1. The minimum absolute atomic E-state index is 0.169. The van der Waals surface area contributed by atoms with Gasteiger partial charge in [-0.15, -0.1) is 11.3 Å². The van der Waals surface area contributed by atoms with Crippen molar-refractivity contribution in [3.8, 4) is 0 Å². The third kappa shape index (κ3) is 2.35. The number of esters is 1. The third-order valence-electron chi connectivity index (χ3n) is 5.95. The van der Waals surface area contributed by atoms with Gasteiger partial charge >= 0.3 is 5.97 Å². The number of nitrogens with one attached hydrogen (secondary N) is 2. The van der Waals surface area contributed by atoms with E-state index in [9.17, 15) is 19.2 Å². The first-order chi connectivity index (χ1) is 14.3. The molecule has 2 N–H and O–H groups in total. The van der Waals surface area contributed by atoms with Crippen molar-refractivity contribution in [2.75, 3.05) is 23.9 Å². The molecular formula is C20H16BrN3O5S. The number of hydrogen-bond donors (Lipinski definition) is 2. The molecule has 0 radical (unpaired) electrons. The largest absolute Gasteiger partial charge is 0.465 e. The Hall–Kier alpha value is -2.56. The summed E-state index contributed by atoms with van der Waals surface area (Å²) in [6, 6.07) is 6.95. The van der Waals surface area contributed by atoms with Crippen LogP contribution in [0, 0.1) is 18.8 Å². The molecule has 1 spiro atoms. The van der Waals surface area contributed by atoms with E-state index < -0.39 is 35.2 Å². The maximum atomic E-state index is 13.6.